The molecule has 19 heavy (non-hydrogen) atoms. The standard InChI is InChI=1S/C14H19NO4/c1-9(2)6-13(16)15-12-5-4-11(7-10(12)3)19-8-14(17)18/h4-5,7,9H,6,8H2,1-3H3,(H,15,16)(H,17,18). The van der Waals surface area contributed by atoms with Crippen LogP contribution in [0.25, 0.3) is 0 Å². The number of hydrogen-bond donors (Lipinski definition) is 2. The van der Waals surface area contributed by atoms with E-state index in [2.05, 4.69) is 5.32 Å². The maximum atomic E-state index is 11.7. The van der Waals surface area contributed by atoms with Crippen LogP contribution in [0, 0.1) is 12.8 Å². The van der Waals surface area contributed by atoms with Crippen molar-refractivity contribution in [3.8, 4) is 5.75 Å². The van der Waals surface area contributed by atoms with E-state index >= 15 is 0 Å². The van der Waals surface area contributed by atoms with Gasteiger partial charge in [0.05, 0.1) is 0 Å². The Morgan fingerprint density at radius 3 is 2.58 bits per heavy atom. The number of carboxylic acids is 1. The van der Waals surface area contributed by atoms with Crippen molar-refractivity contribution in [3.63, 3.8) is 0 Å². The Morgan fingerprint density at radius 1 is 1.37 bits per heavy atom. The van der Waals surface area contributed by atoms with E-state index in [9.17, 15) is 9.59 Å². The summed E-state index contributed by atoms with van der Waals surface area (Å²) < 4.78 is 5.06. The van der Waals surface area contributed by atoms with Crippen LogP contribution in [0.15, 0.2) is 18.2 Å². The van der Waals surface area contributed by atoms with E-state index in [-0.39, 0.29) is 12.5 Å². The second kappa shape index (κ2) is 6.78. The van der Waals surface area contributed by atoms with Gasteiger partial charge in [0, 0.05) is 12.1 Å². The van der Waals surface area contributed by atoms with Crippen molar-refractivity contribution in [2.45, 2.75) is 27.2 Å². The van der Waals surface area contributed by atoms with Crippen LogP contribution in [0.5, 0.6) is 5.75 Å². The van der Waals surface area contributed by atoms with Crippen molar-refractivity contribution in [1.82, 2.24) is 0 Å². The van der Waals surface area contributed by atoms with E-state index in [1.165, 1.54) is 0 Å². The topological polar surface area (TPSA) is 75.6 Å². The number of carboxylic acid groups (broad SMARTS) is 1. The summed E-state index contributed by atoms with van der Waals surface area (Å²) in [6.45, 7) is 5.42. The van der Waals surface area contributed by atoms with E-state index in [0.29, 0.717) is 23.8 Å². The summed E-state index contributed by atoms with van der Waals surface area (Å²) in [6, 6.07) is 5.06. The highest BCUT2D eigenvalue weighted by molar-refractivity contribution is 5.91. The fourth-order valence-electron chi connectivity index (χ4n) is 1.58. The largest absolute Gasteiger partial charge is 0.482 e. The van der Waals surface area contributed by atoms with Crippen molar-refractivity contribution >= 4 is 17.6 Å². The number of amides is 1. The molecule has 0 aliphatic heterocycles. The lowest BCUT2D eigenvalue weighted by Gasteiger charge is -2.11. The van der Waals surface area contributed by atoms with Crippen molar-refractivity contribution in [2.75, 3.05) is 11.9 Å². The van der Waals surface area contributed by atoms with Crippen molar-refractivity contribution in [3.05, 3.63) is 23.8 Å². The SMILES string of the molecule is Cc1cc(OCC(=O)O)ccc1NC(=O)CC(C)C. The highest BCUT2D eigenvalue weighted by Gasteiger charge is 2.08. The molecule has 2 N–H and O–H groups in total. The molecular weight excluding hydrogens is 246 g/mol. The van der Waals surface area contributed by atoms with Crippen LogP contribution in [-0.2, 0) is 9.59 Å². The van der Waals surface area contributed by atoms with Crippen molar-refractivity contribution < 1.29 is 19.4 Å². The number of rotatable bonds is 6. The molecule has 1 aromatic carbocycles. The average molecular weight is 265 g/mol. The number of benzene rings is 1. The molecule has 0 radical (unpaired) electrons. The van der Waals surface area contributed by atoms with Gasteiger partial charge in [-0.25, -0.2) is 4.79 Å². The first kappa shape index (κ1) is 15.0. The predicted molar refractivity (Wildman–Crippen MR) is 72.4 cm³/mol. The molecule has 0 unspecified atom stereocenters. The molecule has 0 fully saturated rings. The zero-order chi connectivity index (χ0) is 14.4. The summed E-state index contributed by atoms with van der Waals surface area (Å²) in [6.07, 6.45) is 0.469. The van der Waals surface area contributed by atoms with Crippen LogP contribution in [-0.4, -0.2) is 23.6 Å². The Kier molecular flexibility index (Phi) is 5.36. The summed E-state index contributed by atoms with van der Waals surface area (Å²) in [5.41, 5.74) is 1.55. The fourth-order valence-corrected chi connectivity index (χ4v) is 1.58. The number of carbonyl (C=O) groups is 2. The van der Waals surface area contributed by atoms with Crippen LogP contribution < -0.4 is 10.1 Å². The van der Waals surface area contributed by atoms with Crippen LogP contribution in [0.1, 0.15) is 25.8 Å². The molecule has 0 aliphatic carbocycles. The normalized spacial score (nSPS) is 10.3. The van der Waals surface area contributed by atoms with Crippen LogP contribution in [0.4, 0.5) is 5.69 Å². The molecule has 1 aromatic rings. The smallest absolute Gasteiger partial charge is 0.341 e. The Bertz CT molecular complexity index is 469. The quantitative estimate of drug-likeness (QED) is 0.828. The lowest BCUT2D eigenvalue weighted by molar-refractivity contribution is -0.139. The van der Waals surface area contributed by atoms with E-state index in [0.717, 1.165) is 5.56 Å². The second-order valence-corrected chi connectivity index (χ2v) is 4.81. The number of nitrogens with one attached hydrogen (secondary N) is 1. The third-order valence-corrected chi connectivity index (χ3v) is 2.43. The molecule has 5 nitrogen and oxygen atoms in total. The molecule has 0 saturated carbocycles. The summed E-state index contributed by atoms with van der Waals surface area (Å²) in [5.74, 6) is -0.274. The number of aliphatic carboxylic acids is 1. The molecule has 1 rings (SSSR count). The third kappa shape index (κ3) is 5.42. The van der Waals surface area contributed by atoms with Gasteiger partial charge in [0.25, 0.3) is 0 Å². The van der Waals surface area contributed by atoms with Crippen LogP contribution in [0.2, 0.25) is 0 Å². The molecule has 0 aromatic heterocycles. The summed E-state index contributed by atoms with van der Waals surface area (Å²) in [4.78, 5) is 22.0. The average Bonchev–Trinajstić information content (AvgIpc) is 2.28. The van der Waals surface area contributed by atoms with Crippen LogP contribution in [0.3, 0.4) is 0 Å². The summed E-state index contributed by atoms with van der Waals surface area (Å²) >= 11 is 0. The monoisotopic (exact) mass is 265 g/mol. The highest BCUT2D eigenvalue weighted by Crippen LogP contribution is 2.21. The maximum Gasteiger partial charge on any atom is 0.341 e. The van der Waals surface area contributed by atoms with E-state index in [1.807, 2.05) is 20.8 Å². The number of aryl methyl sites for hydroxylation is 1. The van der Waals surface area contributed by atoms with Crippen molar-refractivity contribution in [2.24, 2.45) is 5.92 Å². The summed E-state index contributed by atoms with van der Waals surface area (Å²) in [5, 5.41) is 11.3. The lowest BCUT2D eigenvalue weighted by atomic mass is 10.1. The van der Waals surface area contributed by atoms with Gasteiger partial charge in [0.1, 0.15) is 5.75 Å². The van der Waals surface area contributed by atoms with E-state index in [1.54, 1.807) is 18.2 Å². The van der Waals surface area contributed by atoms with E-state index in [4.69, 9.17) is 9.84 Å². The minimum absolute atomic E-state index is 0.0303. The van der Waals surface area contributed by atoms with Gasteiger partial charge in [0.15, 0.2) is 6.61 Å². The minimum atomic E-state index is -1.02. The first-order chi connectivity index (χ1) is 8.88. The van der Waals surface area contributed by atoms with Gasteiger partial charge in [0.2, 0.25) is 5.91 Å². The molecule has 5 heteroatoms. The zero-order valence-corrected chi connectivity index (χ0v) is 11.4. The number of anilines is 1. The Morgan fingerprint density at radius 2 is 2.05 bits per heavy atom. The molecule has 0 saturated heterocycles. The Hall–Kier alpha value is -2.04. The highest BCUT2D eigenvalue weighted by atomic mass is 16.5. The third-order valence-electron chi connectivity index (χ3n) is 2.43. The number of ether oxygens (including phenoxy) is 1. The molecular formula is C14H19NO4. The van der Waals surface area contributed by atoms with Crippen LogP contribution >= 0.6 is 0 Å². The number of carbonyl (C=O) groups excluding carboxylic acids is 1. The molecule has 0 atom stereocenters. The molecule has 1 amide bonds. The van der Waals surface area contributed by atoms with Gasteiger partial charge in [-0.15, -0.1) is 0 Å². The van der Waals surface area contributed by atoms with Gasteiger partial charge < -0.3 is 15.2 Å². The van der Waals surface area contributed by atoms with Gasteiger partial charge in [-0.2, -0.15) is 0 Å². The first-order valence-corrected chi connectivity index (χ1v) is 6.13. The summed E-state index contributed by atoms with van der Waals surface area (Å²) in [7, 11) is 0. The van der Waals surface area contributed by atoms with Gasteiger partial charge >= 0.3 is 5.97 Å². The minimum Gasteiger partial charge on any atom is -0.482 e. The first-order valence-electron chi connectivity index (χ1n) is 6.13. The molecule has 104 valence electrons. The fraction of sp³-hybridized carbons (Fsp3) is 0.429. The molecule has 0 spiro atoms. The maximum absolute atomic E-state index is 11.7. The second-order valence-electron chi connectivity index (χ2n) is 4.81. The predicted octanol–water partition coefficient (Wildman–Crippen LogP) is 2.44. The van der Waals surface area contributed by atoms with Gasteiger partial charge in [-0.3, -0.25) is 4.79 Å². The Labute approximate surface area is 112 Å². The Balaban J connectivity index is 2.66. The van der Waals surface area contributed by atoms with Gasteiger partial charge in [-0.05, 0) is 36.6 Å². The van der Waals surface area contributed by atoms with Crippen molar-refractivity contribution in [1.29, 1.82) is 0 Å². The number of hydrogen-bond acceptors (Lipinski definition) is 3. The van der Waals surface area contributed by atoms with Gasteiger partial charge in [-0.1, -0.05) is 13.8 Å². The lowest BCUT2D eigenvalue weighted by Crippen LogP contribution is -2.14. The van der Waals surface area contributed by atoms with E-state index < -0.39 is 5.97 Å². The zero-order valence-electron chi connectivity index (χ0n) is 11.4. The molecule has 0 bridgehead atoms. The molecule has 0 aliphatic rings. The molecule has 0 heterocycles.